The number of nitrogens with one attached hydrogen (secondary N) is 1. The number of amides is 1. The highest BCUT2D eigenvalue weighted by Crippen LogP contribution is 2.30. The molecule has 3 rings (SSSR count). The van der Waals surface area contributed by atoms with Crippen molar-refractivity contribution in [3.05, 3.63) is 57.6 Å². The van der Waals surface area contributed by atoms with Crippen molar-refractivity contribution in [2.45, 2.75) is 31.2 Å². The minimum atomic E-state index is -3.78. The third-order valence-electron chi connectivity index (χ3n) is 5.16. The van der Waals surface area contributed by atoms with Crippen molar-refractivity contribution >= 4 is 39.1 Å². The summed E-state index contributed by atoms with van der Waals surface area (Å²) in [5.41, 5.74) is 1.57. The summed E-state index contributed by atoms with van der Waals surface area (Å²) in [4.78, 5) is 12.8. The number of benzene rings is 2. The number of hydrogen-bond donors (Lipinski definition) is 1. The van der Waals surface area contributed by atoms with Crippen LogP contribution in [0.2, 0.25) is 10.0 Å². The standard InChI is InChI=1S/C21H24Cl2N2O4S/c1-14-5-8-19(29-2)20(10-14)30(27,28)25-9-3-4-16(13-25)21(26)24-12-15-6-7-17(22)11-18(15)23/h5-8,10-11,16H,3-4,9,12-13H2,1-2H3,(H,24,26). The quantitative estimate of drug-likeness (QED) is 0.691. The van der Waals surface area contributed by atoms with Gasteiger partial charge in [0.2, 0.25) is 15.9 Å². The molecule has 1 unspecified atom stereocenters. The number of carbonyl (C=O) groups is 1. The minimum Gasteiger partial charge on any atom is -0.495 e. The molecule has 2 aromatic carbocycles. The Kier molecular flexibility index (Phi) is 7.29. The van der Waals surface area contributed by atoms with Crippen LogP contribution in [-0.2, 0) is 21.4 Å². The van der Waals surface area contributed by atoms with Gasteiger partial charge in [-0.05, 0) is 55.2 Å². The van der Waals surface area contributed by atoms with Gasteiger partial charge in [0.25, 0.3) is 0 Å². The van der Waals surface area contributed by atoms with Crippen molar-refractivity contribution in [2.75, 3.05) is 20.2 Å². The van der Waals surface area contributed by atoms with Gasteiger partial charge in [-0.25, -0.2) is 8.42 Å². The number of ether oxygens (including phenoxy) is 1. The molecule has 1 atom stereocenters. The highest BCUT2D eigenvalue weighted by atomic mass is 35.5. The molecular formula is C21H24Cl2N2O4S. The first kappa shape index (κ1) is 22.9. The molecule has 0 aliphatic carbocycles. The Morgan fingerprint density at radius 2 is 2.00 bits per heavy atom. The maximum Gasteiger partial charge on any atom is 0.246 e. The third kappa shape index (κ3) is 5.09. The molecule has 6 nitrogen and oxygen atoms in total. The zero-order valence-electron chi connectivity index (χ0n) is 16.8. The summed E-state index contributed by atoms with van der Waals surface area (Å²) in [6.07, 6.45) is 1.23. The van der Waals surface area contributed by atoms with Gasteiger partial charge in [0.15, 0.2) is 0 Å². The van der Waals surface area contributed by atoms with Crippen molar-refractivity contribution in [1.29, 1.82) is 0 Å². The molecule has 1 N–H and O–H groups in total. The molecule has 30 heavy (non-hydrogen) atoms. The van der Waals surface area contributed by atoms with Crippen molar-refractivity contribution in [1.82, 2.24) is 9.62 Å². The van der Waals surface area contributed by atoms with E-state index >= 15 is 0 Å². The number of methoxy groups -OCH3 is 1. The first-order chi connectivity index (χ1) is 14.2. The van der Waals surface area contributed by atoms with Crippen LogP contribution in [0.25, 0.3) is 0 Å². The van der Waals surface area contributed by atoms with E-state index in [0.29, 0.717) is 35.2 Å². The van der Waals surface area contributed by atoms with E-state index < -0.39 is 15.9 Å². The first-order valence-corrected chi connectivity index (χ1v) is 11.8. The van der Waals surface area contributed by atoms with Gasteiger partial charge in [0.1, 0.15) is 10.6 Å². The zero-order valence-corrected chi connectivity index (χ0v) is 19.1. The maximum atomic E-state index is 13.2. The average molecular weight is 471 g/mol. The smallest absolute Gasteiger partial charge is 0.246 e. The monoisotopic (exact) mass is 470 g/mol. The predicted octanol–water partition coefficient (Wildman–Crippen LogP) is 4.03. The Bertz CT molecular complexity index is 1040. The second kappa shape index (κ2) is 9.56. The summed E-state index contributed by atoms with van der Waals surface area (Å²) >= 11 is 12.1. The Hall–Kier alpha value is -1.80. The fourth-order valence-electron chi connectivity index (χ4n) is 3.49. The van der Waals surface area contributed by atoms with E-state index in [1.807, 2.05) is 6.92 Å². The second-order valence-electron chi connectivity index (χ2n) is 7.31. The van der Waals surface area contributed by atoms with Gasteiger partial charge in [-0.2, -0.15) is 4.31 Å². The molecule has 1 heterocycles. The van der Waals surface area contributed by atoms with Crippen LogP contribution in [-0.4, -0.2) is 38.8 Å². The molecule has 1 aliphatic rings. The molecule has 1 fully saturated rings. The molecular weight excluding hydrogens is 447 g/mol. The van der Waals surface area contributed by atoms with E-state index in [1.165, 1.54) is 11.4 Å². The number of aryl methyl sites for hydroxylation is 1. The molecule has 0 bridgehead atoms. The maximum absolute atomic E-state index is 13.2. The molecule has 1 aliphatic heterocycles. The Labute approximate surface area is 187 Å². The van der Waals surface area contributed by atoms with E-state index in [4.69, 9.17) is 27.9 Å². The van der Waals surface area contributed by atoms with Crippen molar-refractivity contribution in [2.24, 2.45) is 5.92 Å². The van der Waals surface area contributed by atoms with Gasteiger partial charge in [-0.1, -0.05) is 35.3 Å². The number of halogens is 2. The Morgan fingerprint density at radius 1 is 1.23 bits per heavy atom. The van der Waals surface area contributed by atoms with Gasteiger partial charge in [-0.15, -0.1) is 0 Å². The normalized spacial score (nSPS) is 17.5. The van der Waals surface area contributed by atoms with E-state index in [-0.39, 0.29) is 23.9 Å². The fourth-order valence-corrected chi connectivity index (χ4v) is 5.73. The van der Waals surface area contributed by atoms with Crippen LogP contribution in [0, 0.1) is 12.8 Å². The topological polar surface area (TPSA) is 75.7 Å². The number of rotatable bonds is 6. The van der Waals surface area contributed by atoms with Gasteiger partial charge in [0, 0.05) is 29.7 Å². The van der Waals surface area contributed by atoms with Crippen LogP contribution in [0.3, 0.4) is 0 Å². The van der Waals surface area contributed by atoms with Crippen LogP contribution >= 0.6 is 23.2 Å². The molecule has 1 saturated heterocycles. The number of carbonyl (C=O) groups excluding carboxylic acids is 1. The molecule has 0 aromatic heterocycles. The third-order valence-corrected chi connectivity index (χ3v) is 7.63. The van der Waals surface area contributed by atoms with E-state index in [9.17, 15) is 13.2 Å². The minimum absolute atomic E-state index is 0.124. The fraction of sp³-hybridized carbons (Fsp3) is 0.381. The molecule has 1 amide bonds. The van der Waals surface area contributed by atoms with Crippen LogP contribution in [0.1, 0.15) is 24.0 Å². The van der Waals surface area contributed by atoms with Crippen LogP contribution < -0.4 is 10.1 Å². The summed E-state index contributed by atoms with van der Waals surface area (Å²) in [7, 11) is -2.34. The largest absolute Gasteiger partial charge is 0.495 e. The average Bonchev–Trinajstić information content (AvgIpc) is 2.73. The SMILES string of the molecule is COc1ccc(C)cc1S(=O)(=O)N1CCCC(C(=O)NCc2ccc(Cl)cc2Cl)C1. The number of hydrogen-bond acceptors (Lipinski definition) is 4. The van der Waals surface area contributed by atoms with Crippen molar-refractivity contribution < 1.29 is 17.9 Å². The van der Waals surface area contributed by atoms with E-state index in [0.717, 1.165) is 11.1 Å². The summed E-state index contributed by atoms with van der Waals surface area (Å²) in [5.74, 6) is -0.336. The second-order valence-corrected chi connectivity index (χ2v) is 10.1. The zero-order chi connectivity index (χ0) is 21.9. The summed E-state index contributed by atoms with van der Waals surface area (Å²) in [6, 6.07) is 10.1. The van der Waals surface area contributed by atoms with Crippen molar-refractivity contribution in [3.8, 4) is 5.75 Å². The van der Waals surface area contributed by atoms with E-state index in [1.54, 1.807) is 36.4 Å². The number of nitrogens with zero attached hydrogens (tertiary/aromatic N) is 1. The van der Waals surface area contributed by atoms with Gasteiger partial charge >= 0.3 is 0 Å². The van der Waals surface area contributed by atoms with E-state index in [2.05, 4.69) is 5.32 Å². The molecule has 0 radical (unpaired) electrons. The Morgan fingerprint density at radius 3 is 2.70 bits per heavy atom. The van der Waals surface area contributed by atoms with Crippen LogP contribution in [0.4, 0.5) is 0 Å². The van der Waals surface area contributed by atoms with Gasteiger partial charge in [0.05, 0.1) is 13.0 Å². The molecule has 2 aromatic rings. The van der Waals surface area contributed by atoms with Crippen LogP contribution in [0.5, 0.6) is 5.75 Å². The molecule has 0 spiro atoms. The number of piperidine rings is 1. The number of sulfonamides is 1. The lowest BCUT2D eigenvalue weighted by Gasteiger charge is -2.31. The first-order valence-electron chi connectivity index (χ1n) is 9.59. The van der Waals surface area contributed by atoms with Gasteiger partial charge in [-0.3, -0.25) is 4.79 Å². The summed E-state index contributed by atoms with van der Waals surface area (Å²) in [6.45, 7) is 2.57. The van der Waals surface area contributed by atoms with Crippen LogP contribution in [0.15, 0.2) is 41.3 Å². The predicted molar refractivity (Wildman–Crippen MR) is 118 cm³/mol. The lowest BCUT2D eigenvalue weighted by atomic mass is 9.99. The van der Waals surface area contributed by atoms with Gasteiger partial charge < -0.3 is 10.1 Å². The molecule has 162 valence electrons. The highest BCUT2D eigenvalue weighted by Gasteiger charge is 2.34. The highest BCUT2D eigenvalue weighted by molar-refractivity contribution is 7.89. The van der Waals surface area contributed by atoms with Crippen molar-refractivity contribution in [3.63, 3.8) is 0 Å². The summed E-state index contributed by atoms with van der Waals surface area (Å²) < 4.78 is 33.1. The Balaban J connectivity index is 1.71. The lowest BCUT2D eigenvalue weighted by molar-refractivity contribution is -0.126. The molecule has 9 heteroatoms. The molecule has 0 saturated carbocycles. The lowest BCUT2D eigenvalue weighted by Crippen LogP contribution is -2.45. The summed E-state index contributed by atoms with van der Waals surface area (Å²) in [5, 5.41) is 3.86.